The van der Waals surface area contributed by atoms with E-state index < -0.39 is 17.3 Å². The Bertz CT molecular complexity index is 1080. The number of para-hydroxylation sites is 1. The second-order valence-corrected chi connectivity index (χ2v) is 9.32. The van der Waals surface area contributed by atoms with Gasteiger partial charge >= 0.3 is 0 Å². The zero-order valence-corrected chi connectivity index (χ0v) is 18.0. The summed E-state index contributed by atoms with van der Waals surface area (Å²) in [5.74, 6) is 0.175. The maximum absolute atomic E-state index is 13.8. The maximum atomic E-state index is 13.8. The number of thioether (sulfide) groups is 1. The molecule has 156 valence electrons. The normalized spacial score (nSPS) is 11.9. The van der Waals surface area contributed by atoms with Crippen molar-refractivity contribution in [2.45, 2.75) is 36.1 Å². The molecule has 7 nitrogen and oxygen atoms in total. The van der Waals surface area contributed by atoms with Gasteiger partial charge in [-0.1, -0.05) is 38.2 Å². The van der Waals surface area contributed by atoms with Crippen molar-refractivity contribution in [2.75, 3.05) is 5.32 Å². The minimum atomic E-state index is -0.807. The van der Waals surface area contributed by atoms with E-state index in [1.807, 2.05) is 20.8 Å². The summed E-state index contributed by atoms with van der Waals surface area (Å²) in [6, 6.07) is 3.44. The lowest BCUT2D eigenvalue weighted by molar-refractivity contribution is 0.391. The minimum absolute atomic E-state index is 0.114. The molecule has 0 bridgehead atoms. The van der Waals surface area contributed by atoms with Gasteiger partial charge in [-0.2, -0.15) is 10.3 Å². The van der Waals surface area contributed by atoms with Crippen LogP contribution in [0.15, 0.2) is 44.2 Å². The highest BCUT2D eigenvalue weighted by atomic mass is 32.2. The molecule has 0 saturated carbocycles. The Balaban J connectivity index is 1.69. The molecule has 0 aliphatic rings. The van der Waals surface area contributed by atoms with Gasteiger partial charge in [0, 0.05) is 5.41 Å². The molecule has 1 aromatic carbocycles. The van der Waals surface area contributed by atoms with E-state index in [9.17, 15) is 8.78 Å². The number of hydrogen-bond acceptors (Lipinski definition) is 7. The molecule has 0 saturated heterocycles. The van der Waals surface area contributed by atoms with E-state index in [1.165, 1.54) is 29.2 Å². The molecular weight excluding hydrogens is 430 g/mol. The summed E-state index contributed by atoms with van der Waals surface area (Å²) >= 11 is 2.73. The molecule has 0 fully saturated rings. The summed E-state index contributed by atoms with van der Waals surface area (Å²) in [4.78, 5) is 12.6. The SMILES string of the molecule is CC(C)(C)c1cnc(CSc2cnc(/N=C(\NC#N)Nc3c(F)cccc3F)s2)o1. The fourth-order valence-electron chi connectivity index (χ4n) is 2.20. The summed E-state index contributed by atoms with van der Waals surface area (Å²) in [6.07, 6.45) is 5.03. The average molecular weight is 449 g/mol. The minimum Gasteiger partial charge on any atom is -0.444 e. The van der Waals surface area contributed by atoms with Gasteiger partial charge in [-0.3, -0.25) is 5.32 Å². The topological polar surface area (TPSA) is 99.1 Å². The van der Waals surface area contributed by atoms with E-state index in [-0.39, 0.29) is 11.4 Å². The highest BCUT2D eigenvalue weighted by molar-refractivity contribution is 8.00. The number of aromatic nitrogens is 2. The van der Waals surface area contributed by atoms with Crippen molar-refractivity contribution >= 4 is 39.9 Å². The van der Waals surface area contributed by atoms with E-state index in [4.69, 9.17) is 9.68 Å². The van der Waals surface area contributed by atoms with Crippen LogP contribution in [0.4, 0.5) is 19.6 Å². The first-order valence-electron chi connectivity index (χ1n) is 8.75. The number of guanidine groups is 1. The number of aliphatic imine (C=N–C) groups is 1. The van der Waals surface area contributed by atoms with Crippen molar-refractivity contribution in [3.05, 3.63) is 53.9 Å². The molecule has 0 unspecified atom stereocenters. The van der Waals surface area contributed by atoms with Crippen LogP contribution >= 0.6 is 23.1 Å². The number of anilines is 1. The molecule has 3 aromatic rings. The summed E-state index contributed by atoms with van der Waals surface area (Å²) in [7, 11) is 0. The largest absolute Gasteiger partial charge is 0.444 e. The summed E-state index contributed by atoms with van der Waals surface area (Å²) < 4.78 is 34.3. The Kier molecular flexibility index (Phi) is 6.69. The van der Waals surface area contributed by atoms with Crippen LogP contribution < -0.4 is 10.6 Å². The fraction of sp³-hybridized carbons (Fsp3) is 0.263. The maximum Gasteiger partial charge on any atom is 0.216 e. The molecule has 2 aromatic heterocycles. The van der Waals surface area contributed by atoms with Crippen LogP contribution in [0.1, 0.15) is 32.4 Å². The van der Waals surface area contributed by atoms with Crippen LogP contribution in [0.25, 0.3) is 0 Å². The third-order valence-corrected chi connectivity index (χ3v) is 5.76. The highest BCUT2D eigenvalue weighted by Crippen LogP contribution is 2.33. The fourth-order valence-corrected chi connectivity index (χ4v) is 3.89. The van der Waals surface area contributed by atoms with Crippen LogP contribution in [0, 0.1) is 23.1 Å². The van der Waals surface area contributed by atoms with E-state index in [2.05, 4.69) is 25.6 Å². The van der Waals surface area contributed by atoms with E-state index in [1.54, 1.807) is 18.6 Å². The van der Waals surface area contributed by atoms with Gasteiger partial charge in [0.15, 0.2) is 6.19 Å². The Morgan fingerprint density at radius 3 is 2.63 bits per heavy atom. The Morgan fingerprint density at radius 2 is 2.00 bits per heavy atom. The predicted octanol–water partition coefficient (Wildman–Crippen LogP) is 5.17. The lowest BCUT2D eigenvalue weighted by Gasteiger charge is -2.12. The molecule has 30 heavy (non-hydrogen) atoms. The summed E-state index contributed by atoms with van der Waals surface area (Å²) in [5, 5.41) is 13.9. The molecule has 0 atom stereocenters. The van der Waals surface area contributed by atoms with Gasteiger partial charge in [0.25, 0.3) is 0 Å². The monoisotopic (exact) mass is 448 g/mol. The van der Waals surface area contributed by atoms with Crippen LogP contribution in [0.5, 0.6) is 0 Å². The smallest absolute Gasteiger partial charge is 0.216 e. The molecule has 0 aliphatic heterocycles. The molecule has 2 N–H and O–H groups in total. The number of nitriles is 1. The summed E-state index contributed by atoms with van der Waals surface area (Å²) in [5.41, 5.74) is -0.527. The van der Waals surface area contributed by atoms with Gasteiger partial charge in [-0.25, -0.2) is 18.7 Å². The van der Waals surface area contributed by atoms with E-state index in [0.717, 1.165) is 22.1 Å². The van der Waals surface area contributed by atoms with Crippen molar-refractivity contribution in [1.29, 1.82) is 5.26 Å². The molecule has 11 heteroatoms. The van der Waals surface area contributed by atoms with Gasteiger partial charge in [-0.05, 0) is 12.1 Å². The van der Waals surface area contributed by atoms with Crippen LogP contribution in [0.3, 0.4) is 0 Å². The highest BCUT2D eigenvalue weighted by Gasteiger charge is 2.19. The second-order valence-electron chi connectivity index (χ2n) is 7.04. The Hall–Kier alpha value is -2.97. The van der Waals surface area contributed by atoms with Gasteiger partial charge in [0.1, 0.15) is 23.1 Å². The van der Waals surface area contributed by atoms with Crippen molar-refractivity contribution in [2.24, 2.45) is 4.99 Å². The van der Waals surface area contributed by atoms with Gasteiger partial charge in [0.2, 0.25) is 17.0 Å². The lowest BCUT2D eigenvalue weighted by atomic mass is 9.94. The molecular formula is C19H18F2N6OS2. The summed E-state index contributed by atoms with van der Waals surface area (Å²) in [6.45, 7) is 6.14. The van der Waals surface area contributed by atoms with Crippen molar-refractivity contribution in [3.8, 4) is 6.19 Å². The number of rotatable bonds is 5. The third-order valence-electron chi connectivity index (χ3n) is 3.69. The molecule has 2 heterocycles. The van der Waals surface area contributed by atoms with Crippen LogP contribution in [0.2, 0.25) is 0 Å². The number of hydrogen-bond donors (Lipinski definition) is 2. The number of benzene rings is 1. The zero-order valence-electron chi connectivity index (χ0n) is 16.4. The Labute approximate surface area is 180 Å². The number of nitrogens with zero attached hydrogens (tertiary/aromatic N) is 4. The van der Waals surface area contributed by atoms with Gasteiger partial charge in [0.05, 0.1) is 22.4 Å². The van der Waals surface area contributed by atoms with Crippen molar-refractivity contribution in [3.63, 3.8) is 0 Å². The number of thiazole rings is 1. The molecule has 0 spiro atoms. The van der Waals surface area contributed by atoms with E-state index in [0.29, 0.717) is 16.8 Å². The van der Waals surface area contributed by atoms with Crippen molar-refractivity contribution < 1.29 is 13.2 Å². The standard InChI is InChI=1S/C19H18F2N6OS2/c1-19(2,3)13-7-23-14(28-13)9-29-15-8-24-18(30-15)27-17(25-10-22)26-16-11(20)5-4-6-12(16)21/h4-8H,9H2,1-3H3,(H2,24,25,26,27). The quantitative estimate of drug-likeness (QED) is 0.183. The van der Waals surface area contributed by atoms with E-state index >= 15 is 0 Å². The van der Waals surface area contributed by atoms with Crippen LogP contribution in [-0.4, -0.2) is 15.9 Å². The van der Waals surface area contributed by atoms with Gasteiger partial charge < -0.3 is 9.73 Å². The van der Waals surface area contributed by atoms with Gasteiger partial charge in [-0.15, -0.1) is 11.8 Å². The number of halogens is 2. The number of nitrogens with one attached hydrogen (secondary N) is 2. The molecule has 3 rings (SSSR count). The molecule has 0 aliphatic carbocycles. The first kappa shape index (κ1) is 21.7. The van der Waals surface area contributed by atoms with Crippen LogP contribution in [-0.2, 0) is 11.2 Å². The average Bonchev–Trinajstić information content (AvgIpc) is 3.32. The second kappa shape index (κ2) is 9.23. The zero-order chi connectivity index (χ0) is 21.7. The molecule has 0 amide bonds. The first-order valence-corrected chi connectivity index (χ1v) is 10.5. The molecule has 0 radical (unpaired) electrons. The Morgan fingerprint density at radius 1 is 1.27 bits per heavy atom. The number of oxazole rings is 1. The predicted molar refractivity (Wildman–Crippen MR) is 113 cm³/mol. The lowest BCUT2D eigenvalue weighted by Crippen LogP contribution is -2.27. The van der Waals surface area contributed by atoms with Crippen molar-refractivity contribution in [1.82, 2.24) is 15.3 Å². The first-order chi connectivity index (χ1) is 14.3. The third kappa shape index (κ3) is 5.55.